The number of hydrogen-bond acceptors (Lipinski definition) is 4. The number of nitrogens with one attached hydrogen (secondary N) is 2. The summed E-state index contributed by atoms with van der Waals surface area (Å²) in [5.74, 6) is 0.493. The number of ether oxygens (including phenoxy) is 2. The number of carbonyl (C=O) groups is 1. The second kappa shape index (κ2) is 6.76. The van der Waals surface area contributed by atoms with Gasteiger partial charge in [0, 0.05) is 13.0 Å². The normalized spacial score (nSPS) is 18.7. The molecule has 0 saturated carbocycles. The van der Waals surface area contributed by atoms with Crippen LogP contribution in [0, 0.1) is 5.92 Å². The first-order valence-electron chi connectivity index (χ1n) is 6.89. The lowest BCUT2D eigenvalue weighted by atomic mass is 10.0. The van der Waals surface area contributed by atoms with Crippen molar-refractivity contribution in [2.75, 3.05) is 19.8 Å². The van der Waals surface area contributed by atoms with Gasteiger partial charge in [-0.1, -0.05) is 6.92 Å². The fourth-order valence-electron chi connectivity index (χ4n) is 2.29. The molecule has 1 aromatic rings. The van der Waals surface area contributed by atoms with Gasteiger partial charge in [0.2, 0.25) is 0 Å². The highest BCUT2D eigenvalue weighted by atomic mass is 16.7. The summed E-state index contributed by atoms with van der Waals surface area (Å²) < 4.78 is 16.2. The molecule has 1 aliphatic heterocycles. The van der Waals surface area contributed by atoms with E-state index in [1.54, 1.807) is 12.3 Å². The molecule has 0 aliphatic carbocycles. The number of amides is 2. The van der Waals surface area contributed by atoms with Gasteiger partial charge in [-0.2, -0.15) is 0 Å². The fraction of sp³-hybridized carbons (Fsp3) is 0.643. The summed E-state index contributed by atoms with van der Waals surface area (Å²) in [5.41, 5.74) is 0. The van der Waals surface area contributed by atoms with E-state index in [1.807, 2.05) is 13.0 Å². The zero-order chi connectivity index (χ0) is 14.4. The van der Waals surface area contributed by atoms with E-state index < -0.39 is 5.79 Å². The molecule has 2 rings (SSSR count). The molecule has 112 valence electrons. The molecule has 1 fully saturated rings. The van der Waals surface area contributed by atoms with Gasteiger partial charge in [-0.25, -0.2) is 4.79 Å². The highest BCUT2D eigenvalue weighted by Gasteiger charge is 2.32. The van der Waals surface area contributed by atoms with E-state index in [0.29, 0.717) is 26.3 Å². The van der Waals surface area contributed by atoms with Crippen molar-refractivity contribution in [2.45, 2.75) is 32.6 Å². The maximum atomic E-state index is 11.6. The average Bonchev–Trinajstić information content (AvgIpc) is 3.05. The molecule has 1 atom stereocenters. The summed E-state index contributed by atoms with van der Waals surface area (Å²) in [5, 5.41) is 5.57. The zero-order valence-corrected chi connectivity index (χ0v) is 12.0. The minimum absolute atomic E-state index is 0.202. The largest absolute Gasteiger partial charge is 0.467 e. The highest BCUT2D eigenvalue weighted by Crippen LogP contribution is 2.26. The maximum Gasteiger partial charge on any atom is 0.315 e. The lowest BCUT2D eigenvalue weighted by molar-refractivity contribution is -0.153. The summed E-state index contributed by atoms with van der Waals surface area (Å²) in [7, 11) is 0. The molecular weight excluding hydrogens is 260 g/mol. The van der Waals surface area contributed by atoms with Gasteiger partial charge >= 0.3 is 6.03 Å². The Morgan fingerprint density at radius 2 is 2.15 bits per heavy atom. The van der Waals surface area contributed by atoms with Gasteiger partial charge in [0.05, 0.1) is 26.0 Å². The van der Waals surface area contributed by atoms with Crippen LogP contribution < -0.4 is 10.6 Å². The van der Waals surface area contributed by atoms with Gasteiger partial charge in [-0.05, 0) is 25.0 Å². The lowest BCUT2D eigenvalue weighted by Crippen LogP contribution is -2.39. The van der Waals surface area contributed by atoms with Gasteiger partial charge in [-0.15, -0.1) is 0 Å². The quantitative estimate of drug-likeness (QED) is 0.835. The van der Waals surface area contributed by atoms with Crippen LogP contribution in [-0.2, 0) is 16.0 Å². The molecule has 1 aromatic heterocycles. The summed E-state index contributed by atoms with van der Waals surface area (Å²) >= 11 is 0. The van der Waals surface area contributed by atoms with E-state index in [2.05, 4.69) is 17.6 Å². The SMILES string of the molecule is C[C@@H](CNC(=O)NCc1ccco1)CC1(C)OCCO1. The van der Waals surface area contributed by atoms with Crippen LogP contribution in [0.15, 0.2) is 22.8 Å². The molecular formula is C14H22N2O4. The summed E-state index contributed by atoms with van der Waals surface area (Å²) in [6.45, 7) is 6.24. The van der Waals surface area contributed by atoms with Crippen LogP contribution in [0.1, 0.15) is 26.0 Å². The second-order valence-corrected chi connectivity index (χ2v) is 5.28. The number of furan rings is 1. The van der Waals surface area contributed by atoms with Crippen molar-refractivity contribution in [2.24, 2.45) is 5.92 Å². The first-order chi connectivity index (χ1) is 9.57. The van der Waals surface area contributed by atoms with Crippen LogP contribution in [0.4, 0.5) is 4.79 Å². The Labute approximate surface area is 118 Å². The highest BCUT2D eigenvalue weighted by molar-refractivity contribution is 5.73. The van der Waals surface area contributed by atoms with Crippen LogP contribution in [-0.4, -0.2) is 31.6 Å². The molecule has 1 aliphatic rings. The molecule has 1 saturated heterocycles. The fourth-order valence-corrected chi connectivity index (χ4v) is 2.29. The molecule has 2 N–H and O–H groups in total. The van der Waals surface area contributed by atoms with E-state index in [9.17, 15) is 4.79 Å². The average molecular weight is 282 g/mol. The van der Waals surface area contributed by atoms with Crippen LogP contribution in [0.2, 0.25) is 0 Å². The molecule has 2 amide bonds. The van der Waals surface area contributed by atoms with E-state index in [1.165, 1.54) is 0 Å². The summed E-state index contributed by atoms with van der Waals surface area (Å²) in [6.07, 6.45) is 2.34. The Hall–Kier alpha value is -1.53. The van der Waals surface area contributed by atoms with Gasteiger partial charge in [-0.3, -0.25) is 0 Å². The molecule has 0 spiro atoms. The van der Waals surface area contributed by atoms with Crippen molar-refractivity contribution >= 4 is 6.03 Å². The molecule has 0 bridgehead atoms. The summed E-state index contributed by atoms with van der Waals surface area (Å²) in [4.78, 5) is 11.6. The topological polar surface area (TPSA) is 72.7 Å². The third-order valence-electron chi connectivity index (χ3n) is 3.23. The number of urea groups is 1. The number of hydrogen-bond donors (Lipinski definition) is 2. The van der Waals surface area contributed by atoms with Gasteiger partial charge in [0.15, 0.2) is 5.79 Å². The van der Waals surface area contributed by atoms with E-state index in [0.717, 1.165) is 12.2 Å². The van der Waals surface area contributed by atoms with Crippen molar-refractivity contribution in [3.05, 3.63) is 24.2 Å². The molecule has 0 radical (unpaired) electrons. The number of rotatable bonds is 6. The first kappa shape index (κ1) is 14.9. The van der Waals surface area contributed by atoms with Gasteiger partial charge < -0.3 is 24.5 Å². The van der Waals surface area contributed by atoms with Crippen molar-refractivity contribution < 1.29 is 18.7 Å². The van der Waals surface area contributed by atoms with Crippen LogP contribution in [0.25, 0.3) is 0 Å². The predicted molar refractivity (Wildman–Crippen MR) is 73.0 cm³/mol. The predicted octanol–water partition coefficient (Wildman–Crippen LogP) is 1.87. The van der Waals surface area contributed by atoms with Crippen LogP contribution in [0.3, 0.4) is 0 Å². The molecule has 6 nitrogen and oxygen atoms in total. The Balaban J connectivity index is 1.62. The van der Waals surface area contributed by atoms with Crippen molar-refractivity contribution in [3.8, 4) is 0 Å². The van der Waals surface area contributed by atoms with Crippen molar-refractivity contribution in [3.63, 3.8) is 0 Å². The Morgan fingerprint density at radius 3 is 2.80 bits per heavy atom. The standard InChI is InChI=1S/C14H22N2O4/c1-11(8-14(2)19-6-7-20-14)9-15-13(17)16-10-12-4-3-5-18-12/h3-5,11H,6-10H2,1-2H3,(H2,15,16,17)/t11-/m1/s1. The Bertz CT molecular complexity index is 413. The van der Waals surface area contributed by atoms with E-state index in [4.69, 9.17) is 13.9 Å². The Kier molecular flexibility index (Phi) is 5.03. The maximum absolute atomic E-state index is 11.6. The first-order valence-corrected chi connectivity index (χ1v) is 6.89. The third kappa shape index (κ3) is 4.54. The third-order valence-corrected chi connectivity index (χ3v) is 3.23. The van der Waals surface area contributed by atoms with Crippen molar-refractivity contribution in [1.29, 1.82) is 0 Å². The van der Waals surface area contributed by atoms with Crippen LogP contribution in [0.5, 0.6) is 0 Å². The second-order valence-electron chi connectivity index (χ2n) is 5.28. The molecule has 20 heavy (non-hydrogen) atoms. The minimum atomic E-state index is -0.508. The van der Waals surface area contributed by atoms with Crippen LogP contribution >= 0.6 is 0 Å². The zero-order valence-electron chi connectivity index (χ0n) is 12.0. The number of carbonyl (C=O) groups excluding carboxylic acids is 1. The monoisotopic (exact) mass is 282 g/mol. The van der Waals surface area contributed by atoms with Crippen molar-refractivity contribution in [1.82, 2.24) is 10.6 Å². The minimum Gasteiger partial charge on any atom is -0.467 e. The lowest BCUT2D eigenvalue weighted by Gasteiger charge is -2.26. The smallest absolute Gasteiger partial charge is 0.315 e. The summed E-state index contributed by atoms with van der Waals surface area (Å²) in [6, 6.07) is 3.41. The molecule has 0 unspecified atom stereocenters. The van der Waals surface area contributed by atoms with E-state index in [-0.39, 0.29) is 11.9 Å². The van der Waals surface area contributed by atoms with E-state index >= 15 is 0 Å². The Morgan fingerprint density at radius 1 is 1.40 bits per heavy atom. The van der Waals surface area contributed by atoms with Gasteiger partial charge in [0.25, 0.3) is 0 Å². The van der Waals surface area contributed by atoms with Gasteiger partial charge in [0.1, 0.15) is 5.76 Å². The molecule has 2 heterocycles. The molecule has 0 aromatic carbocycles. The molecule has 6 heteroatoms.